The summed E-state index contributed by atoms with van der Waals surface area (Å²) in [6.07, 6.45) is 3.09. The third-order valence-electron chi connectivity index (χ3n) is 4.35. The summed E-state index contributed by atoms with van der Waals surface area (Å²) in [6, 6.07) is 13.2. The quantitative estimate of drug-likeness (QED) is 0.268. The number of fused-ring (bicyclic) bond motifs is 1. The van der Waals surface area contributed by atoms with Gasteiger partial charge in [-0.15, -0.1) is 0 Å². The Hall–Kier alpha value is -4.73. The molecule has 0 saturated carbocycles. The predicted octanol–water partition coefficient (Wildman–Crippen LogP) is 2.58. The lowest BCUT2D eigenvalue weighted by Gasteiger charge is -2.03. The van der Waals surface area contributed by atoms with E-state index in [0.717, 1.165) is 17.5 Å². The number of rotatable bonds is 7. The number of hydrogen-bond acceptors (Lipinski definition) is 8. The van der Waals surface area contributed by atoms with Gasteiger partial charge in [-0.25, -0.2) is 9.78 Å². The second-order valence-corrected chi connectivity index (χ2v) is 6.62. The number of anilines is 1. The lowest BCUT2D eigenvalue weighted by atomic mass is 10.2. The minimum atomic E-state index is -0.464. The molecule has 10 heteroatoms. The second kappa shape index (κ2) is 14.4. The second-order valence-electron chi connectivity index (χ2n) is 6.62. The van der Waals surface area contributed by atoms with Crippen molar-refractivity contribution in [1.82, 2.24) is 20.0 Å². The van der Waals surface area contributed by atoms with Crippen LogP contribution in [0.1, 0.15) is 17.4 Å². The molecule has 0 radical (unpaired) electrons. The number of imidazole rings is 1. The van der Waals surface area contributed by atoms with Gasteiger partial charge >= 0.3 is 5.97 Å². The zero-order valence-electron chi connectivity index (χ0n) is 20.1. The molecule has 0 spiro atoms. The third kappa shape index (κ3) is 7.97. The summed E-state index contributed by atoms with van der Waals surface area (Å²) < 4.78 is 6.14. The number of likely N-dealkylation sites (N-methyl/N-ethyl adjacent to an activating group) is 1. The fourth-order valence-corrected chi connectivity index (χ4v) is 2.65. The first-order valence-corrected chi connectivity index (χ1v) is 10.3. The summed E-state index contributed by atoms with van der Waals surface area (Å²) >= 11 is 0. The van der Waals surface area contributed by atoms with Crippen molar-refractivity contribution in [1.29, 1.82) is 0 Å². The number of nitrogens with one attached hydrogen (secondary N) is 3. The molecule has 0 unspecified atom stereocenters. The van der Waals surface area contributed by atoms with E-state index in [1.807, 2.05) is 54.0 Å². The number of aromatic nitrogens is 2. The first-order valence-electron chi connectivity index (χ1n) is 10.3. The monoisotopic (exact) mass is 479 g/mol. The Kier molecular flexibility index (Phi) is 11.7. The average Bonchev–Trinajstić information content (AvgIpc) is 3.28. The number of ether oxygens (including phenoxy) is 1. The molecule has 1 amide bonds. The van der Waals surface area contributed by atoms with E-state index in [-0.39, 0.29) is 17.1 Å². The molecule has 0 atom stereocenters. The molecule has 0 aliphatic rings. The van der Waals surface area contributed by atoms with Crippen LogP contribution in [-0.4, -0.2) is 55.0 Å². The number of carbonyl (C=O) groups excluding carboxylic acids is 4. The first-order chi connectivity index (χ1) is 16.8. The summed E-state index contributed by atoms with van der Waals surface area (Å²) in [5, 5.41) is 8.04. The Morgan fingerprint density at radius 2 is 1.69 bits per heavy atom. The average molecular weight is 480 g/mol. The van der Waals surface area contributed by atoms with Crippen molar-refractivity contribution in [3.8, 4) is 11.4 Å². The molecule has 35 heavy (non-hydrogen) atoms. The molecular weight excluding hydrogens is 450 g/mol. The zero-order valence-corrected chi connectivity index (χ0v) is 20.1. The molecule has 2 heterocycles. The highest BCUT2D eigenvalue weighted by molar-refractivity contribution is 6.02. The number of aldehydes is 2. The first kappa shape index (κ1) is 28.3. The predicted molar refractivity (Wildman–Crippen MR) is 135 cm³/mol. The lowest BCUT2D eigenvalue weighted by Crippen LogP contribution is -2.23. The topological polar surface area (TPSA) is 131 Å². The highest BCUT2D eigenvalue weighted by atomic mass is 16.5. The summed E-state index contributed by atoms with van der Waals surface area (Å²) in [5.41, 5.74) is 3.03. The van der Waals surface area contributed by atoms with Gasteiger partial charge in [0.15, 0.2) is 12.0 Å². The molecule has 1 aromatic carbocycles. The molecule has 184 valence electrons. The Bertz CT molecular complexity index is 1180. The number of benzene rings is 1. The highest BCUT2D eigenvalue weighted by Gasteiger charge is 2.18. The zero-order chi connectivity index (χ0) is 26.4. The summed E-state index contributed by atoms with van der Waals surface area (Å²) in [7, 11) is 4.77. The largest absolute Gasteiger partial charge is 0.464 e. The van der Waals surface area contributed by atoms with Crippen molar-refractivity contribution in [2.24, 2.45) is 0 Å². The van der Waals surface area contributed by atoms with Crippen LogP contribution in [0.15, 0.2) is 73.2 Å². The SMILES string of the molecule is C=C(C=O)NC(=O)c1nc(-c2ccc(NC)cc2)n2ccccc12.C=C(NC)C(=O)OC.CC=O. The smallest absolute Gasteiger partial charge is 0.353 e. The number of amides is 1. The van der Waals surface area contributed by atoms with Gasteiger partial charge in [-0.2, -0.15) is 0 Å². The van der Waals surface area contributed by atoms with Gasteiger partial charge in [-0.05, 0) is 43.3 Å². The molecule has 3 aromatic rings. The van der Waals surface area contributed by atoms with E-state index in [1.54, 1.807) is 13.1 Å². The molecule has 10 nitrogen and oxygen atoms in total. The maximum Gasteiger partial charge on any atom is 0.353 e. The van der Waals surface area contributed by atoms with E-state index >= 15 is 0 Å². The molecule has 3 rings (SSSR count). The van der Waals surface area contributed by atoms with Gasteiger partial charge in [0, 0.05) is 31.5 Å². The van der Waals surface area contributed by atoms with E-state index in [9.17, 15) is 14.4 Å². The molecule has 0 aliphatic carbocycles. The molecule has 0 aliphatic heterocycles. The number of pyridine rings is 1. The van der Waals surface area contributed by atoms with Gasteiger partial charge in [0.25, 0.3) is 5.91 Å². The Balaban J connectivity index is 0.000000470. The molecule has 0 fully saturated rings. The third-order valence-corrected chi connectivity index (χ3v) is 4.35. The van der Waals surface area contributed by atoms with E-state index in [2.05, 4.69) is 38.8 Å². The van der Waals surface area contributed by atoms with E-state index in [1.165, 1.54) is 14.0 Å². The van der Waals surface area contributed by atoms with Crippen molar-refractivity contribution in [3.63, 3.8) is 0 Å². The van der Waals surface area contributed by atoms with Gasteiger partial charge in [0.2, 0.25) is 0 Å². The van der Waals surface area contributed by atoms with Crippen LogP contribution in [0.25, 0.3) is 16.9 Å². The van der Waals surface area contributed by atoms with Crippen LogP contribution in [0.5, 0.6) is 0 Å². The van der Waals surface area contributed by atoms with Gasteiger partial charge < -0.3 is 25.5 Å². The number of allylic oxidation sites excluding steroid dienone is 1. The lowest BCUT2D eigenvalue weighted by molar-refractivity contribution is -0.136. The van der Waals surface area contributed by atoms with Crippen molar-refractivity contribution in [2.45, 2.75) is 6.92 Å². The van der Waals surface area contributed by atoms with E-state index in [4.69, 9.17) is 4.79 Å². The molecule has 3 N–H and O–H groups in total. The number of carbonyl (C=O) groups is 4. The Morgan fingerprint density at radius 1 is 1.06 bits per heavy atom. The fraction of sp³-hybridized carbons (Fsp3) is 0.160. The maximum absolute atomic E-state index is 12.4. The van der Waals surface area contributed by atoms with Crippen molar-refractivity contribution in [2.75, 3.05) is 26.5 Å². The highest BCUT2D eigenvalue weighted by Crippen LogP contribution is 2.24. The minimum absolute atomic E-state index is 0.00277. The number of esters is 1. The van der Waals surface area contributed by atoms with E-state index in [0.29, 0.717) is 17.6 Å². The summed E-state index contributed by atoms with van der Waals surface area (Å²) in [5.74, 6) is -0.239. The molecule has 0 saturated heterocycles. The van der Waals surface area contributed by atoms with Crippen molar-refractivity contribution >= 4 is 35.7 Å². The van der Waals surface area contributed by atoms with Crippen molar-refractivity contribution < 1.29 is 23.9 Å². The van der Waals surface area contributed by atoms with Gasteiger partial charge in [0.05, 0.1) is 18.3 Å². The maximum atomic E-state index is 12.4. The normalized spacial score (nSPS) is 9.26. The van der Waals surface area contributed by atoms with Crippen LogP contribution in [-0.2, 0) is 19.1 Å². The van der Waals surface area contributed by atoms with Crippen LogP contribution < -0.4 is 16.0 Å². The van der Waals surface area contributed by atoms with Crippen LogP contribution >= 0.6 is 0 Å². The van der Waals surface area contributed by atoms with Crippen LogP contribution in [0, 0.1) is 0 Å². The summed E-state index contributed by atoms with van der Waals surface area (Å²) in [6.45, 7) is 8.26. The number of hydrogen-bond donors (Lipinski definition) is 3. The minimum Gasteiger partial charge on any atom is -0.464 e. The van der Waals surface area contributed by atoms with Gasteiger partial charge in [0.1, 0.15) is 17.8 Å². The van der Waals surface area contributed by atoms with E-state index < -0.39 is 11.9 Å². The summed E-state index contributed by atoms with van der Waals surface area (Å²) in [4.78, 5) is 46.7. The fourth-order valence-electron chi connectivity index (χ4n) is 2.65. The molecule has 2 aromatic heterocycles. The van der Waals surface area contributed by atoms with Crippen LogP contribution in [0.2, 0.25) is 0 Å². The van der Waals surface area contributed by atoms with Gasteiger partial charge in [-0.3, -0.25) is 14.0 Å². The van der Waals surface area contributed by atoms with Crippen LogP contribution in [0.3, 0.4) is 0 Å². The molecule has 0 bridgehead atoms. The van der Waals surface area contributed by atoms with Gasteiger partial charge in [-0.1, -0.05) is 19.2 Å². The number of methoxy groups -OCH3 is 1. The Labute approximate surface area is 203 Å². The van der Waals surface area contributed by atoms with Crippen LogP contribution in [0.4, 0.5) is 5.69 Å². The standard InChI is InChI=1S/C18H16N4O2.C5H9NO2.C2H4O/c1-12(11-23)20-18(24)16-15-5-3-4-10-22(15)17(21-16)13-6-8-14(19-2)9-7-13;1-4(6-2)5(7)8-3;1-2-3/h3-11,19H,1H2,2H3,(H,20,24);6H,1H2,2-3H3;2H,1H3. The number of nitrogens with zero attached hydrogens (tertiary/aromatic N) is 2. The Morgan fingerprint density at radius 3 is 2.17 bits per heavy atom. The molecular formula is C25H29N5O5. The van der Waals surface area contributed by atoms with Crippen molar-refractivity contribution in [3.05, 3.63) is 78.9 Å².